The van der Waals surface area contributed by atoms with Crippen LogP contribution < -0.4 is 5.32 Å². The number of unbranched alkanes of at least 4 members (excludes halogenated alkanes) is 29. The number of ether oxygens (including phenoxy) is 4. The van der Waals surface area contributed by atoms with E-state index in [1.54, 1.807) is 6.08 Å². The Kier molecular flexibility index (Phi) is 38.6. The first-order valence-corrected chi connectivity index (χ1v) is 28.1. The molecule has 0 aromatic carbocycles. The third-order valence-corrected chi connectivity index (χ3v) is 13.9. The number of rotatable bonds is 44. The van der Waals surface area contributed by atoms with Gasteiger partial charge in [-0.2, -0.15) is 0 Å². The lowest BCUT2D eigenvalue weighted by Gasteiger charge is -2.46. The van der Waals surface area contributed by atoms with Gasteiger partial charge in [-0.25, -0.2) is 0 Å². The van der Waals surface area contributed by atoms with Crippen molar-refractivity contribution in [3.63, 3.8) is 0 Å². The zero-order valence-electron chi connectivity index (χ0n) is 43.3. The molecular weight excluding hydrogens is 883 g/mol. The van der Waals surface area contributed by atoms with Crippen molar-refractivity contribution in [1.29, 1.82) is 0 Å². The summed E-state index contributed by atoms with van der Waals surface area (Å²) >= 11 is 0. The number of aliphatic hydroxyl groups is 8. The van der Waals surface area contributed by atoms with Gasteiger partial charge in [0.05, 0.1) is 32.0 Å². The first kappa shape index (κ1) is 63.6. The fraction of sp³-hybridized carbons (Fsp3) is 0.909. The summed E-state index contributed by atoms with van der Waals surface area (Å²) < 4.78 is 22.5. The minimum Gasteiger partial charge on any atom is -0.394 e. The molecule has 0 aromatic heterocycles. The molecule has 12 atom stereocenters. The summed E-state index contributed by atoms with van der Waals surface area (Å²) in [5, 5.41) is 86.1. The molecule has 2 aliphatic rings. The van der Waals surface area contributed by atoms with Gasteiger partial charge in [-0.15, -0.1) is 0 Å². The van der Waals surface area contributed by atoms with Crippen LogP contribution in [0.5, 0.6) is 0 Å². The van der Waals surface area contributed by atoms with Crippen molar-refractivity contribution in [2.45, 2.75) is 299 Å². The normalized spacial score (nSPS) is 26.3. The molecule has 2 heterocycles. The molecule has 2 aliphatic heterocycles. The second-order valence-corrected chi connectivity index (χ2v) is 20.1. The van der Waals surface area contributed by atoms with E-state index in [9.17, 15) is 45.6 Å². The molecule has 0 spiro atoms. The van der Waals surface area contributed by atoms with Gasteiger partial charge in [0.2, 0.25) is 5.91 Å². The van der Waals surface area contributed by atoms with Gasteiger partial charge < -0.3 is 65.1 Å². The van der Waals surface area contributed by atoms with Crippen LogP contribution in [0, 0.1) is 0 Å². The van der Waals surface area contributed by atoms with Crippen LogP contribution in [-0.2, 0) is 23.7 Å². The molecule has 9 N–H and O–H groups in total. The van der Waals surface area contributed by atoms with E-state index < -0.39 is 86.8 Å². The van der Waals surface area contributed by atoms with Gasteiger partial charge in [-0.3, -0.25) is 4.79 Å². The highest BCUT2D eigenvalue weighted by atomic mass is 16.7. The van der Waals surface area contributed by atoms with Crippen molar-refractivity contribution in [3.8, 4) is 0 Å². The fourth-order valence-corrected chi connectivity index (χ4v) is 9.31. The van der Waals surface area contributed by atoms with Gasteiger partial charge in [0.25, 0.3) is 0 Å². The maximum Gasteiger partial charge on any atom is 0.220 e. The van der Waals surface area contributed by atoms with Crippen LogP contribution in [0.25, 0.3) is 0 Å². The minimum absolute atomic E-state index is 0.260. The van der Waals surface area contributed by atoms with E-state index in [-0.39, 0.29) is 18.9 Å². The van der Waals surface area contributed by atoms with Crippen molar-refractivity contribution < 1.29 is 64.6 Å². The second-order valence-electron chi connectivity index (χ2n) is 20.1. The Hall–Kier alpha value is -1.53. The smallest absolute Gasteiger partial charge is 0.220 e. The molecule has 0 aromatic rings. The zero-order valence-corrected chi connectivity index (χ0v) is 43.3. The summed E-state index contributed by atoms with van der Waals surface area (Å²) in [4.78, 5) is 12.8. The van der Waals surface area contributed by atoms with E-state index >= 15 is 0 Å². The van der Waals surface area contributed by atoms with Crippen LogP contribution in [-0.4, -0.2) is 140 Å². The Morgan fingerprint density at radius 3 is 1.42 bits per heavy atom. The van der Waals surface area contributed by atoms with E-state index in [2.05, 4.69) is 24.4 Å². The second kappa shape index (κ2) is 41.9. The summed E-state index contributed by atoms with van der Waals surface area (Å²) in [5.74, 6) is -0.273. The van der Waals surface area contributed by atoms with Crippen LogP contribution in [0.15, 0.2) is 24.3 Å². The number of carbonyl (C=O) groups excluding carboxylic acids is 1. The highest BCUT2D eigenvalue weighted by Crippen LogP contribution is 2.30. The Bertz CT molecular complexity index is 1260. The molecule has 12 unspecified atom stereocenters. The summed E-state index contributed by atoms with van der Waals surface area (Å²) in [6, 6.07) is -0.923. The Labute approximate surface area is 418 Å². The lowest BCUT2D eigenvalue weighted by Crippen LogP contribution is -2.65. The predicted octanol–water partition coefficient (Wildman–Crippen LogP) is 8.50. The van der Waals surface area contributed by atoms with Crippen molar-refractivity contribution in [2.24, 2.45) is 0 Å². The standard InChI is InChI=1S/C55H103NO13/c1-3-5-7-8-9-10-11-12-13-14-15-16-17-18-19-20-21-22-23-24-25-26-27-28-29-30-31-32-33-34-35-37-38-44(59)43(56-47(60)39-36-6-4-2)42-66-54-52(65)50(63)53(46(41-58)68-54)69-55-51(64)49(62)48(61)45(40-57)67-55/h32-33,37-38,43-46,48-55,57-59,61-65H,3-31,34-36,39-42H2,1-2H3,(H,56,60)/b33-32+,38-37+. The van der Waals surface area contributed by atoms with E-state index in [0.717, 1.165) is 25.7 Å². The van der Waals surface area contributed by atoms with Gasteiger partial charge in [0.1, 0.15) is 48.8 Å². The topological polar surface area (TPSA) is 228 Å². The Morgan fingerprint density at radius 1 is 0.507 bits per heavy atom. The highest BCUT2D eigenvalue weighted by molar-refractivity contribution is 5.76. The van der Waals surface area contributed by atoms with Gasteiger partial charge in [-0.05, 0) is 32.1 Å². The molecule has 1 amide bonds. The van der Waals surface area contributed by atoms with Gasteiger partial charge in [-0.1, -0.05) is 212 Å². The SMILES string of the molecule is CCCCCCCCCCCCCCCCCCCCCCCCCCCC/C=C/CC/C=C/C(O)C(COC1OC(CO)C(OC2OC(CO)C(O)C(O)C2O)C(O)C1O)NC(=O)CCCCC. The average Bonchev–Trinajstić information content (AvgIpc) is 3.35. The quantitative estimate of drug-likeness (QED) is 0.0206. The molecule has 0 bridgehead atoms. The molecule has 0 radical (unpaired) electrons. The van der Waals surface area contributed by atoms with Crippen LogP contribution in [0.2, 0.25) is 0 Å². The molecule has 2 saturated heterocycles. The van der Waals surface area contributed by atoms with E-state index in [1.165, 1.54) is 167 Å². The molecule has 2 fully saturated rings. The number of nitrogens with one attached hydrogen (secondary N) is 1. The van der Waals surface area contributed by atoms with Gasteiger partial charge in [0, 0.05) is 6.42 Å². The predicted molar refractivity (Wildman–Crippen MR) is 272 cm³/mol. The van der Waals surface area contributed by atoms with E-state index in [4.69, 9.17) is 18.9 Å². The summed E-state index contributed by atoms with van der Waals surface area (Å²) in [5.41, 5.74) is 0. The lowest BCUT2D eigenvalue weighted by molar-refractivity contribution is -0.359. The van der Waals surface area contributed by atoms with E-state index in [0.29, 0.717) is 12.8 Å². The van der Waals surface area contributed by atoms with Crippen LogP contribution in [0.3, 0.4) is 0 Å². The number of carbonyl (C=O) groups is 1. The zero-order chi connectivity index (χ0) is 50.3. The van der Waals surface area contributed by atoms with Crippen molar-refractivity contribution in [2.75, 3.05) is 19.8 Å². The van der Waals surface area contributed by atoms with Crippen LogP contribution >= 0.6 is 0 Å². The fourth-order valence-electron chi connectivity index (χ4n) is 9.31. The van der Waals surface area contributed by atoms with Crippen LogP contribution in [0.1, 0.15) is 226 Å². The van der Waals surface area contributed by atoms with Gasteiger partial charge >= 0.3 is 0 Å². The third-order valence-electron chi connectivity index (χ3n) is 13.9. The van der Waals surface area contributed by atoms with Gasteiger partial charge in [0.15, 0.2) is 12.6 Å². The van der Waals surface area contributed by atoms with E-state index in [1.807, 2.05) is 13.0 Å². The largest absolute Gasteiger partial charge is 0.394 e. The van der Waals surface area contributed by atoms with Crippen molar-refractivity contribution in [3.05, 3.63) is 24.3 Å². The lowest BCUT2D eigenvalue weighted by atomic mass is 9.97. The summed E-state index contributed by atoms with van der Waals surface area (Å²) in [6.45, 7) is 2.59. The maximum absolute atomic E-state index is 12.8. The molecule has 0 saturated carbocycles. The molecular formula is C55H103NO13. The summed E-state index contributed by atoms with van der Waals surface area (Å²) in [6.07, 6.45) is 32.3. The first-order valence-electron chi connectivity index (χ1n) is 28.1. The average molecular weight is 986 g/mol. The monoisotopic (exact) mass is 986 g/mol. The molecule has 69 heavy (non-hydrogen) atoms. The third kappa shape index (κ3) is 28.5. The highest BCUT2D eigenvalue weighted by Gasteiger charge is 2.51. The molecule has 406 valence electrons. The molecule has 14 nitrogen and oxygen atoms in total. The number of aliphatic hydroxyl groups excluding tert-OH is 8. The molecule has 14 heteroatoms. The molecule has 0 aliphatic carbocycles. The number of hydrogen-bond acceptors (Lipinski definition) is 13. The van der Waals surface area contributed by atoms with Crippen molar-refractivity contribution >= 4 is 5.91 Å². The number of hydrogen-bond donors (Lipinski definition) is 9. The van der Waals surface area contributed by atoms with Crippen molar-refractivity contribution in [1.82, 2.24) is 5.32 Å². The van der Waals surface area contributed by atoms with Crippen LogP contribution in [0.4, 0.5) is 0 Å². The minimum atomic E-state index is -1.79. The molecule has 2 rings (SSSR count). The maximum atomic E-state index is 12.8. The number of amides is 1. The number of allylic oxidation sites excluding steroid dienone is 3. The Morgan fingerprint density at radius 2 is 0.928 bits per heavy atom. The first-order chi connectivity index (χ1) is 33.6. The Balaban J connectivity index is 1.56. The summed E-state index contributed by atoms with van der Waals surface area (Å²) in [7, 11) is 0.